The smallest absolute Gasteiger partial charge is 0.194 e. The molecule has 0 unspecified atom stereocenters. The summed E-state index contributed by atoms with van der Waals surface area (Å²) in [5.74, 6) is 0.733. The summed E-state index contributed by atoms with van der Waals surface area (Å²) in [4.78, 5) is 1.49. The van der Waals surface area contributed by atoms with Crippen LogP contribution in [-0.4, -0.2) is 37.9 Å². The molecule has 0 aliphatic rings. The first-order valence-electron chi connectivity index (χ1n) is 7.28. The Labute approximate surface area is 123 Å². The molecule has 3 aromatic rings. The van der Waals surface area contributed by atoms with Gasteiger partial charge >= 0.3 is 0 Å². The van der Waals surface area contributed by atoms with Crippen molar-refractivity contribution in [3.63, 3.8) is 0 Å². The van der Waals surface area contributed by atoms with E-state index in [9.17, 15) is 0 Å². The molecule has 0 saturated heterocycles. The average molecular weight is 284 g/mol. The molecule has 0 fully saturated rings. The highest BCUT2D eigenvalue weighted by Crippen LogP contribution is 2.22. The van der Waals surface area contributed by atoms with Gasteiger partial charge in [0, 0.05) is 17.1 Å². The minimum absolute atomic E-state index is 0.648. The molecule has 0 atom stereocenters. The molecule has 0 radical (unpaired) electrons. The van der Waals surface area contributed by atoms with Crippen molar-refractivity contribution in [1.29, 1.82) is 0 Å². The lowest BCUT2D eigenvalue weighted by Gasteiger charge is -2.00. The van der Waals surface area contributed by atoms with Crippen LogP contribution in [0, 0.1) is 0 Å². The third-order valence-electron chi connectivity index (χ3n) is 3.55. The molecule has 110 valence electrons. The van der Waals surface area contributed by atoms with Gasteiger partial charge in [-0.05, 0) is 36.4 Å². The van der Waals surface area contributed by atoms with E-state index >= 15 is 0 Å². The quantitative estimate of drug-likeness (QED) is 0.694. The number of nitrogens with one attached hydrogen (secondary N) is 1. The zero-order chi connectivity index (χ0) is 14.7. The number of para-hydroxylation sites is 1. The number of likely N-dealkylation sites (N-methyl/N-ethyl adjacent to an activating group) is 1. The van der Waals surface area contributed by atoms with Gasteiger partial charge in [-0.25, -0.2) is 0 Å². The van der Waals surface area contributed by atoms with Crippen molar-refractivity contribution in [3.8, 4) is 0 Å². The van der Waals surface area contributed by atoms with Crippen LogP contribution in [0.25, 0.3) is 10.9 Å². The van der Waals surface area contributed by atoms with Gasteiger partial charge in [0.15, 0.2) is 5.82 Å². The summed E-state index contributed by atoms with van der Waals surface area (Å²) >= 11 is 0. The summed E-state index contributed by atoms with van der Waals surface area (Å²) in [6, 6.07) is 8.47. The number of rotatable bonds is 6. The number of hydrogen-bond donors (Lipinski definition) is 1. The minimum Gasteiger partial charge on any atom is -0.339 e. The second-order valence-corrected chi connectivity index (χ2v) is 5.10. The molecule has 0 saturated carbocycles. The molecule has 2 aromatic heterocycles. The first kappa shape index (κ1) is 13.8. The zero-order valence-corrected chi connectivity index (χ0v) is 12.5. The van der Waals surface area contributed by atoms with Crippen LogP contribution in [0.15, 0.2) is 30.5 Å². The lowest BCUT2D eigenvalue weighted by molar-refractivity contribution is 0.625. The van der Waals surface area contributed by atoms with E-state index in [1.54, 1.807) is 7.05 Å². The molecule has 2 heterocycles. The lowest BCUT2D eigenvalue weighted by atomic mass is 10.1. The van der Waals surface area contributed by atoms with Crippen LogP contribution in [0.1, 0.15) is 18.3 Å². The lowest BCUT2D eigenvalue weighted by Crippen LogP contribution is -2.15. The standard InChI is InChI=1S/C15H20N6/c1-3-16-9-8-12-10-21(11-15-17-19-20(2)18-15)14-7-5-4-6-13(12)14/h4-7,10,16H,3,8-9,11H2,1-2H3. The Bertz CT molecular complexity index is 727. The Morgan fingerprint density at radius 1 is 1.24 bits per heavy atom. The third-order valence-corrected chi connectivity index (χ3v) is 3.55. The second-order valence-electron chi connectivity index (χ2n) is 5.10. The van der Waals surface area contributed by atoms with Gasteiger partial charge in [-0.1, -0.05) is 25.1 Å². The Kier molecular flexibility index (Phi) is 3.96. The van der Waals surface area contributed by atoms with Gasteiger partial charge < -0.3 is 9.88 Å². The molecule has 6 heteroatoms. The summed E-state index contributed by atoms with van der Waals surface area (Å²) < 4.78 is 2.20. The molecule has 3 rings (SSSR count). The predicted octanol–water partition coefficient (Wildman–Crippen LogP) is 1.37. The van der Waals surface area contributed by atoms with Gasteiger partial charge in [0.1, 0.15) is 0 Å². The van der Waals surface area contributed by atoms with E-state index in [4.69, 9.17) is 0 Å². The van der Waals surface area contributed by atoms with E-state index in [2.05, 4.69) is 62.7 Å². The van der Waals surface area contributed by atoms with E-state index in [0.717, 1.165) is 25.3 Å². The van der Waals surface area contributed by atoms with E-state index in [1.807, 2.05) is 0 Å². The summed E-state index contributed by atoms with van der Waals surface area (Å²) in [5.41, 5.74) is 2.58. The van der Waals surface area contributed by atoms with Crippen LogP contribution in [0.2, 0.25) is 0 Å². The number of benzene rings is 1. The van der Waals surface area contributed by atoms with Crippen molar-refractivity contribution in [3.05, 3.63) is 41.9 Å². The predicted molar refractivity (Wildman–Crippen MR) is 82.1 cm³/mol. The van der Waals surface area contributed by atoms with Gasteiger partial charge in [-0.15, -0.1) is 10.2 Å². The fourth-order valence-corrected chi connectivity index (χ4v) is 2.59. The number of hydrogen-bond acceptors (Lipinski definition) is 4. The summed E-state index contributed by atoms with van der Waals surface area (Å²) in [7, 11) is 1.78. The maximum absolute atomic E-state index is 4.26. The zero-order valence-electron chi connectivity index (χ0n) is 12.5. The first-order valence-corrected chi connectivity index (χ1v) is 7.28. The van der Waals surface area contributed by atoms with Crippen molar-refractivity contribution in [2.75, 3.05) is 13.1 Å². The number of aromatic nitrogens is 5. The van der Waals surface area contributed by atoms with Gasteiger partial charge in [0.2, 0.25) is 0 Å². The van der Waals surface area contributed by atoms with Crippen LogP contribution in [0.5, 0.6) is 0 Å². The van der Waals surface area contributed by atoms with Crippen molar-refractivity contribution in [1.82, 2.24) is 30.1 Å². The molecule has 6 nitrogen and oxygen atoms in total. The average Bonchev–Trinajstić information content (AvgIpc) is 3.05. The Balaban J connectivity index is 1.90. The number of nitrogens with zero attached hydrogens (tertiary/aromatic N) is 5. The number of tetrazole rings is 1. The highest BCUT2D eigenvalue weighted by atomic mass is 15.6. The molecule has 21 heavy (non-hydrogen) atoms. The topological polar surface area (TPSA) is 60.6 Å². The molecule has 1 N–H and O–H groups in total. The second kappa shape index (κ2) is 6.05. The Hall–Kier alpha value is -2.21. The van der Waals surface area contributed by atoms with E-state index in [-0.39, 0.29) is 0 Å². The Morgan fingerprint density at radius 2 is 2.10 bits per heavy atom. The van der Waals surface area contributed by atoms with Crippen LogP contribution in [-0.2, 0) is 20.0 Å². The summed E-state index contributed by atoms with van der Waals surface area (Å²) in [5, 5.41) is 16.9. The molecular weight excluding hydrogens is 264 g/mol. The monoisotopic (exact) mass is 284 g/mol. The van der Waals surface area contributed by atoms with Crippen molar-refractivity contribution in [2.45, 2.75) is 19.9 Å². The molecule has 0 bridgehead atoms. The Morgan fingerprint density at radius 3 is 2.86 bits per heavy atom. The highest BCUT2D eigenvalue weighted by Gasteiger charge is 2.10. The highest BCUT2D eigenvalue weighted by molar-refractivity contribution is 5.84. The minimum atomic E-state index is 0.648. The molecule has 0 aliphatic heterocycles. The van der Waals surface area contributed by atoms with Crippen molar-refractivity contribution >= 4 is 10.9 Å². The van der Waals surface area contributed by atoms with Gasteiger partial charge in [0.05, 0.1) is 13.6 Å². The van der Waals surface area contributed by atoms with Crippen molar-refractivity contribution in [2.24, 2.45) is 7.05 Å². The first-order chi connectivity index (χ1) is 10.3. The van der Waals surface area contributed by atoms with E-state index in [0.29, 0.717) is 6.54 Å². The van der Waals surface area contributed by atoms with Gasteiger partial charge in [-0.2, -0.15) is 4.80 Å². The molecule has 0 aliphatic carbocycles. The summed E-state index contributed by atoms with van der Waals surface area (Å²) in [6.07, 6.45) is 3.23. The van der Waals surface area contributed by atoms with Gasteiger partial charge in [0.25, 0.3) is 0 Å². The van der Waals surface area contributed by atoms with E-state index in [1.165, 1.54) is 21.3 Å². The molecular formula is C15H20N6. The fraction of sp³-hybridized carbons (Fsp3) is 0.400. The summed E-state index contributed by atoms with van der Waals surface area (Å²) in [6.45, 7) is 4.77. The third kappa shape index (κ3) is 2.95. The maximum atomic E-state index is 4.26. The molecule has 0 spiro atoms. The van der Waals surface area contributed by atoms with Crippen LogP contribution in [0.3, 0.4) is 0 Å². The van der Waals surface area contributed by atoms with Crippen LogP contribution < -0.4 is 5.32 Å². The largest absolute Gasteiger partial charge is 0.339 e. The maximum Gasteiger partial charge on any atom is 0.194 e. The molecule has 0 amide bonds. The van der Waals surface area contributed by atoms with E-state index < -0.39 is 0 Å². The van der Waals surface area contributed by atoms with Crippen LogP contribution >= 0.6 is 0 Å². The van der Waals surface area contributed by atoms with Crippen molar-refractivity contribution < 1.29 is 0 Å². The fourth-order valence-electron chi connectivity index (χ4n) is 2.59. The number of aryl methyl sites for hydroxylation is 1. The number of fused-ring (bicyclic) bond motifs is 1. The normalized spacial score (nSPS) is 11.3. The van der Waals surface area contributed by atoms with Crippen LogP contribution in [0.4, 0.5) is 0 Å². The van der Waals surface area contributed by atoms with Gasteiger partial charge in [-0.3, -0.25) is 0 Å². The SMILES string of the molecule is CCNCCc1cn(Cc2nnn(C)n2)c2ccccc12. The molecule has 1 aromatic carbocycles.